The zero-order valence-electron chi connectivity index (χ0n) is 17.7. The summed E-state index contributed by atoms with van der Waals surface area (Å²) >= 11 is 0. The van der Waals surface area contributed by atoms with Crippen molar-refractivity contribution in [1.29, 1.82) is 0 Å². The van der Waals surface area contributed by atoms with Gasteiger partial charge in [-0.1, -0.05) is 60.7 Å². The maximum Gasteiger partial charge on any atom is 0.137 e. The summed E-state index contributed by atoms with van der Waals surface area (Å²) < 4.78 is 12.0. The van der Waals surface area contributed by atoms with Crippen LogP contribution in [-0.2, 0) is 0 Å². The molecule has 0 spiro atoms. The summed E-state index contributed by atoms with van der Waals surface area (Å²) in [6.07, 6.45) is 0. The van der Waals surface area contributed by atoms with Gasteiger partial charge in [-0.15, -0.1) is 0 Å². The fourth-order valence-corrected chi connectivity index (χ4v) is 4.69. The highest BCUT2D eigenvalue weighted by Crippen LogP contribution is 2.36. The number of anilines is 2. The van der Waals surface area contributed by atoms with Gasteiger partial charge in [-0.2, -0.15) is 0 Å². The Morgan fingerprint density at radius 2 is 1.09 bits per heavy atom. The standard InChI is InChI=1S/C30H19NO2/c1-3-9-26-22(6-1)24-18-20(14-17-28(24)32-26)19-12-15-21(16-13-19)31-25-8-5-11-29-30(25)23-7-2-4-10-27(23)33-29/h1-18,31H. The van der Waals surface area contributed by atoms with Crippen molar-refractivity contribution in [3.63, 3.8) is 0 Å². The van der Waals surface area contributed by atoms with Gasteiger partial charge in [0, 0.05) is 21.8 Å². The molecule has 2 heterocycles. The molecule has 0 aliphatic rings. The third-order valence-electron chi connectivity index (χ3n) is 6.28. The molecule has 7 aromatic rings. The Bertz CT molecular complexity index is 1790. The first kappa shape index (κ1) is 18.1. The van der Waals surface area contributed by atoms with E-state index in [2.05, 4.69) is 66.0 Å². The molecular formula is C30H19NO2. The molecule has 0 fully saturated rings. The molecule has 0 unspecified atom stereocenters. The van der Waals surface area contributed by atoms with E-state index >= 15 is 0 Å². The van der Waals surface area contributed by atoms with E-state index in [9.17, 15) is 0 Å². The van der Waals surface area contributed by atoms with Gasteiger partial charge in [-0.3, -0.25) is 0 Å². The van der Waals surface area contributed by atoms with Gasteiger partial charge in [0.05, 0.1) is 11.1 Å². The number of fused-ring (bicyclic) bond motifs is 6. The van der Waals surface area contributed by atoms with Crippen molar-refractivity contribution in [3.8, 4) is 11.1 Å². The van der Waals surface area contributed by atoms with Crippen LogP contribution < -0.4 is 5.32 Å². The average molecular weight is 425 g/mol. The van der Waals surface area contributed by atoms with E-state index in [-0.39, 0.29) is 0 Å². The van der Waals surface area contributed by atoms with Crippen molar-refractivity contribution >= 4 is 55.3 Å². The molecule has 3 nitrogen and oxygen atoms in total. The lowest BCUT2D eigenvalue weighted by Crippen LogP contribution is -1.91. The van der Waals surface area contributed by atoms with Crippen LogP contribution in [0, 0.1) is 0 Å². The lowest BCUT2D eigenvalue weighted by Gasteiger charge is -2.09. The van der Waals surface area contributed by atoms with E-state index in [1.165, 1.54) is 11.1 Å². The summed E-state index contributed by atoms with van der Waals surface area (Å²) in [7, 11) is 0. The van der Waals surface area contributed by atoms with Crippen molar-refractivity contribution in [1.82, 2.24) is 0 Å². The monoisotopic (exact) mass is 425 g/mol. The molecule has 0 saturated heterocycles. The topological polar surface area (TPSA) is 38.3 Å². The van der Waals surface area contributed by atoms with Gasteiger partial charge in [0.1, 0.15) is 22.3 Å². The summed E-state index contributed by atoms with van der Waals surface area (Å²) in [5.41, 5.74) is 8.03. The maximum absolute atomic E-state index is 6.02. The summed E-state index contributed by atoms with van der Waals surface area (Å²) in [4.78, 5) is 0. The number of rotatable bonds is 3. The second kappa shape index (κ2) is 7.01. The van der Waals surface area contributed by atoms with Crippen molar-refractivity contribution < 1.29 is 8.83 Å². The fraction of sp³-hybridized carbons (Fsp3) is 0. The molecule has 0 radical (unpaired) electrons. The molecular weight excluding hydrogens is 406 g/mol. The van der Waals surface area contributed by atoms with Crippen LogP contribution in [0.2, 0.25) is 0 Å². The van der Waals surface area contributed by atoms with Crippen LogP contribution in [0.3, 0.4) is 0 Å². The van der Waals surface area contributed by atoms with Gasteiger partial charge in [0.25, 0.3) is 0 Å². The van der Waals surface area contributed by atoms with Crippen LogP contribution in [0.1, 0.15) is 0 Å². The van der Waals surface area contributed by atoms with Crippen molar-refractivity contribution in [2.45, 2.75) is 0 Å². The van der Waals surface area contributed by atoms with E-state index in [0.717, 1.165) is 55.3 Å². The Balaban J connectivity index is 1.25. The minimum atomic E-state index is 0.887. The van der Waals surface area contributed by atoms with Crippen LogP contribution in [0.4, 0.5) is 11.4 Å². The zero-order valence-corrected chi connectivity index (χ0v) is 17.7. The van der Waals surface area contributed by atoms with Crippen LogP contribution >= 0.6 is 0 Å². The third kappa shape index (κ3) is 2.90. The maximum atomic E-state index is 6.02. The molecule has 156 valence electrons. The second-order valence-corrected chi connectivity index (χ2v) is 8.29. The number of hydrogen-bond acceptors (Lipinski definition) is 3. The number of para-hydroxylation sites is 2. The normalized spacial score (nSPS) is 11.6. The molecule has 2 aromatic heterocycles. The first-order chi connectivity index (χ1) is 16.3. The number of furan rings is 2. The molecule has 0 amide bonds. The fourth-order valence-electron chi connectivity index (χ4n) is 4.69. The Kier molecular flexibility index (Phi) is 3.84. The van der Waals surface area contributed by atoms with Crippen molar-refractivity contribution in [3.05, 3.63) is 109 Å². The predicted molar refractivity (Wildman–Crippen MR) is 136 cm³/mol. The highest BCUT2D eigenvalue weighted by atomic mass is 16.3. The first-order valence-corrected chi connectivity index (χ1v) is 11.0. The van der Waals surface area contributed by atoms with Gasteiger partial charge in [-0.05, 0) is 59.7 Å². The molecule has 0 atom stereocenters. The van der Waals surface area contributed by atoms with Crippen molar-refractivity contribution in [2.24, 2.45) is 0 Å². The molecule has 3 heteroatoms. The number of hydrogen-bond donors (Lipinski definition) is 1. The quantitative estimate of drug-likeness (QED) is 0.307. The number of benzene rings is 5. The summed E-state index contributed by atoms with van der Waals surface area (Å²) in [6.45, 7) is 0. The highest BCUT2D eigenvalue weighted by molar-refractivity contribution is 6.12. The molecule has 5 aromatic carbocycles. The minimum Gasteiger partial charge on any atom is -0.456 e. The molecule has 0 aliphatic carbocycles. The molecule has 33 heavy (non-hydrogen) atoms. The van der Waals surface area contributed by atoms with Gasteiger partial charge in [0.2, 0.25) is 0 Å². The lowest BCUT2D eigenvalue weighted by molar-refractivity contribution is 0.668. The summed E-state index contributed by atoms with van der Waals surface area (Å²) in [5.74, 6) is 0. The van der Waals surface area contributed by atoms with E-state index in [1.807, 2.05) is 48.5 Å². The van der Waals surface area contributed by atoms with E-state index in [0.29, 0.717) is 0 Å². The predicted octanol–water partition coefficient (Wildman–Crippen LogP) is 8.90. The van der Waals surface area contributed by atoms with E-state index < -0.39 is 0 Å². The van der Waals surface area contributed by atoms with Gasteiger partial charge >= 0.3 is 0 Å². The first-order valence-electron chi connectivity index (χ1n) is 11.0. The lowest BCUT2D eigenvalue weighted by atomic mass is 10.0. The van der Waals surface area contributed by atoms with Crippen LogP contribution in [0.5, 0.6) is 0 Å². The highest BCUT2D eigenvalue weighted by Gasteiger charge is 2.11. The number of nitrogens with one attached hydrogen (secondary N) is 1. The van der Waals surface area contributed by atoms with E-state index in [1.54, 1.807) is 0 Å². The van der Waals surface area contributed by atoms with Crippen LogP contribution in [0.15, 0.2) is 118 Å². The second-order valence-electron chi connectivity index (χ2n) is 8.29. The molecule has 0 bridgehead atoms. The average Bonchev–Trinajstić information content (AvgIpc) is 3.43. The molecule has 0 saturated carbocycles. The Hall–Kier alpha value is -4.50. The summed E-state index contributed by atoms with van der Waals surface area (Å²) in [5, 5.41) is 8.09. The van der Waals surface area contributed by atoms with Crippen LogP contribution in [-0.4, -0.2) is 0 Å². The summed E-state index contributed by atoms with van der Waals surface area (Å²) in [6, 6.07) is 37.4. The Morgan fingerprint density at radius 1 is 0.455 bits per heavy atom. The largest absolute Gasteiger partial charge is 0.456 e. The molecule has 1 N–H and O–H groups in total. The van der Waals surface area contributed by atoms with Crippen LogP contribution in [0.25, 0.3) is 55.0 Å². The third-order valence-corrected chi connectivity index (χ3v) is 6.28. The molecule has 7 rings (SSSR count). The van der Waals surface area contributed by atoms with Gasteiger partial charge < -0.3 is 14.2 Å². The Labute approximate surface area is 189 Å². The van der Waals surface area contributed by atoms with Gasteiger partial charge in [0.15, 0.2) is 0 Å². The minimum absolute atomic E-state index is 0.887. The Morgan fingerprint density at radius 3 is 1.94 bits per heavy atom. The molecule has 0 aliphatic heterocycles. The zero-order chi connectivity index (χ0) is 21.8. The van der Waals surface area contributed by atoms with Gasteiger partial charge in [-0.25, -0.2) is 0 Å². The van der Waals surface area contributed by atoms with Crippen molar-refractivity contribution in [2.75, 3.05) is 5.32 Å². The smallest absolute Gasteiger partial charge is 0.137 e. The van der Waals surface area contributed by atoms with E-state index in [4.69, 9.17) is 8.83 Å². The SMILES string of the molecule is c1ccc2c(c1)oc1ccc(-c3ccc(Nc4cccc5oc6ccccc6c45)cc3)cc12.